The van der Waals surface area contributed by atoms with Gasteiger partial charge < -0.3 is 16.2 Å². The third-order valence-electron chi connectivity index (χ3n) is 3.41. The zero-order chi connectivity index (χ0) is 20.5. The first kappa shape index (κ1) is 21.5. The van der Waals surface area contributed by atoms with Crippen LogP contribution in [0.3, 0.4) is 0 Å². The van der Waals surface area contributed by atoms with Gasteiger partial charge in [-0.3, -0.25) is 9.69 Å². The summed E-state index contributed by atoms with van der Waals surface area (Å²) < 4.78 is 78.4. The summed E-state index contributed by atoms with van der Waals surface area (Å²) in [4.78, 5) is 24.0. The number of halogens is 6. The van der Waals surface area contributed by atoms with Gasteiger partial charge in [0.2, 0.25) is 0 Å². The van der Waals surface area contributed by atoms with Crippen LogP contribution in [0.4, 0.5) is 36.8 Å². The Morgan fingerprint density at radius 3 is 2.15 bits per heavy atom. The molecule has 1 atom stereocenters. The lowest BCUT2D eigenvalue weighted by Gasteiger charge is -2.31. The molecule has 0 saturated heterocycles. The minimum atomic E-state index is -6.31. The molecule has 12 heteroatoms. The number of rotatable bonds is 5. The molecule has 0 saturated carbocycles. The molecular weight excluding hydrogens is 372 g/mol. The van der Waals surface area contributed by atoms with Crippen molar-refractivity contribution in [1.82, 2.24) is 5.32 Å². The molecule has 26 heavy (non-hydrogen) atoms. The van der Waals surface area contributed by atoms with Gasteiger partial charge in [0, 0.05) is 19.2 Å². The van der Waals surface area contributed by atoms with Gasteiger partial charge in [-0.25, -0.2) is 4.79 Å². The number of anilines is 1. The fourth-order valence-corrected chi connectivity index (χ4v) is 1.97. The van der Waals surface area contributed by atoms with E-state index in [0.717, 1.165) is 11.9 Å². The van der Waals surface area contributed by atoms with E-state index in [-0.39, 0.29) is 18.3 Å². The molecule has 146 valence electrons. The normalized spacial score (nSPS) is 14.5. The fourth-order valence-electron chi connectivity index (χ4n) is 1.97. The summed E-state index contributed by atoms with van der Waals surface area (Å²) in [6, 6.07) is 0.453. The maximum Gasteiger partial charge on any atom is 0.455 e. The van der Waals surface area contributed by atoms with E-state index < -0.39 is 41.0 Å². The van der Waals surface area contributed by atoms with Gasteiger partial charge in [0.25, 0.3) is 5.91 Å². The van der Waals surface area contributed by atoms with Crippen molar-refractivity contribution in [1.29, 1.82) is 0 Å². The number of nitrogens with one attached hydrogen (secondary N) is 1. The Labute approximate surface area is 143 Å². The zero-order valence-electron chi connectivity index (χ0n) is 13.5. The van der Waals surface area contributed by atoms with Gasteiger partial charge in [-0.1, -0.05) is 6.07 Å². The predicted molar refractivity (Wildman–Crippen MR) is 78.4 cm³/mol. The largest absolute Gasteiger partial charge is 0.455 e. The number of carbonyl (C=O) groups excluding carboxylic acids is 2. The Morgan fingerprint density at radius 2 is 1.73 bits per heavy atom. The lowest BCUT2D eigenvalue weighted by molar-refractivity contribution is -0.390. The molecule has 4 N–H and O–H groups in total. The van der Waals surface area contributed by atoms with Crippen molar-refractivity contribution < 1.29 is 41.0 Å². The molecule has 0 bridgehead atoms. The second-order valence-corrected chi connectivity index (χ2v) is 5.18. The number of nitrogens with two attached hydrogens (primary N) is 1. The molecule has 0 spiro atoms. The van der Waals surface area contributed by atoms with Crippen LogP contribution >= 0.6 is 0 Å². The van der Waals surface area contributed by atoms with Crippen molar-refractivity contribution in [2.45, 2.75) is 24.9 Å². The van der Waals surface area contributed by atoms with Crippen LogP contribution in [0.5, 0.6) is 0 Å². The van der Waals surface area contributed by atoms with Crippen molar-refractivity contribution >= 4 is 17.6 Å². The quantitative estimate of drug-likeness (QED) is 0.677. The van der Waals surface area contributed by atoms with Gasteiger partial charge in [-0.15, -0.1) is 0 Å². The number of amides is 3. The van der Waals surface area contributed by atoms with Crippen molar-refractivity contribution in [3.63, 3.8) is 0 Å². The summed E-state index contributed by atoms with van der Waals surface area (Å²) in [6.07, 6.45) is -6.31. The van der Waals surface area contributed by atoms with Crippen LogP contribution in [0.15, 0.2) is 18.2 Å². The Morgan fingerprint density at radius 1 is 1.19 bits per heavy atom. The average Bonchev–Trinajstić information content (AvgIpc) is 2.52. The molecule has 1 unspecified atom stereocenters. The topological polar surface area (TPSA) is 95.7 Å². The van der Waals surface area contributed by atoms with E-state index in [1.165, 1.54) is 0 Å². The van der Waals surface area contributed by atoms with Crippen molar-refractivity contribution in [3.05, 3.63) is 29.3 Å². The molecule has 6 nitrogen and oxygen atoms in total. The Hall–Kier alpha value is -2.50. The maximum absolute atomic E-state index is 13.9. The van der Waals surface area contributed by atoms with Crippen LogP contribution in [0, 0.1) is 0 Å². The molecule has 0 aliphatic rings. The molecule has 0 aromatic heterocycles. The smallest absolute Gasteiger partial charge is 0.366 e. The first-order valence-electron chi connectivity index (χ1n) is 7.00. The summed E-state index contributed by atoms with van der Waals surface area (Å²) >= 11 is 0. The maximum atomic E-state index is 13.9. The number of aliphatic hydroxyl groups is 1. The Bertz CT molecular complexity index is 706. The minimum absolute atomic E-state index is 0.184. The van der Waals surface area contributed by atoms with E-state index in [9.17, 15) is 35.9 Å². The molecule has 0 aliphatic carbocycles. The van der Waals surface area contributed by atoms with Gasteiger partial charge >= 0.3 is 24.0 Å². The summed E-state index contributed by atoms with van der Waals surface area (Å²) in [6.45, 7) is 1.76. The highest BCUT2D eigenvalue weighted by molar-refractivity contribution is 6.03. The summed E-state index contributed by atoms with van der Waals surface area (Å²) in [7, 11) is 1.14. The molecule has 3 amide bonds. The van der Waals surface area contributed by atoms with Crippen LogP contribution in [-0.2, 0) is 5.92 Å². The van der Waals surface area contributed by atoms with Gasteiger partial charge in [-0.05, 0) is 19.1 Å². The van der Waals surface area contributed by atoms with Gasteiger partial charge in [0.15, 0.2) is 0 Å². The van der Waals surface area contributed by atoms with E-state index in [1.807, 2.05) is 0 Å². The van der Waals surface area contributed by atoms with Crippen LogP contribution in [0.1, 0.15) is 22.8 Å². The molecule has 0 heterocycles. The number of primary amides is 1. The standard InChI is InChI=1S/C14H15F6N3O3/c1-3-22-11(25)23(2)9-5-4-7(6-8(9)10(21)24)12(15,16)13(17,26)14(18,19)20/h4-6,26H,3H2,1-2H3,(H2,21,24)(H,22,25). The number of alkyl halides is 6. The van der Waals surface area contributed by atoms with Crippen LogP contribution in [-0.4, -0.2) is 42.7 Å². The highest BCUT2D eigenvalue weighted by atomic mass is 19.4. The number of urea groups is 1. The first-order valence-corrected chi connectivity index (χ1v) is 7.00. The number of benzene rings is 1. The molecule has 1 rings (SSSR count). The highest BCUT2D eigenvalue weighted by Crippen LogP contribution is 2.49. The molecular formula is C14H15F6N3O3. The lowest BCUT2D eigenvalue weighted by Crippen LogP contribution is -2.53. The van der Waals surface area contributed by atoms with Crippen LogP contribution in [0.25, 0.3) is 0 Å². The second kappa shape index (κ2) is 7.02. The zero-order valence-corrected chi connectivity index (χ0v) is 13.5. The minimum Gasteiger partial charge on any atom is -0.366 e. The number of hydrogen-bond donors (Lipinski definition) is 3. The Kier molecular flexibility index (Phi) is 5.81. The van der Waals surface area contributed by atoms with Gasteiger partial charge in [0.05, 0.1) is 11.3 Å². The van der Waals surface area contributed by atoms with E-state index in [2.05, 4.69) is 5.32 Å². The van der Waals surface area contributed by atoms with E-state index >= 15 is 0 Å². The summed E-state index contributed by atoms with van der Waals surface area (Å²) in [5, 5.41) is 11.0. The number of hydrogen-bond acceptors (Lipinski definition) is 3. The van der Waals surface area contributed by atoms with Gasteiger partial charge in [0.1, 0.15) is 0 Å². The second-order valence-electron chi connectivity index (χ2n) is 5.18. The van der Waals surface area contributed by atoms with E-state index in [0.29, 0.717) is 12.1 Å². The summed E-state index contributed by atoms with van der Waals surface area (Å²) in [5.74, 6) is -12.7. The van der Waals surface area contributed by atoms with Crippen molar-refractivity contribution in [3.8, 4) is 0 Å². The van der Waals surface area contributed by atoms with E-state index in [4.69, 9.17) is 10.8 Å². The van der Waals surface area contributed by atoms with Crippen LogP contribution in [0.2, 0.25) is 0 Å². The Balaban J connectivity index is 3.49. The molecule has 1 aromatic carbocycles. The average molecular weight is 387 g/mol. The third kappa shape index (κ3) is 3.69. The number of nitrogens with zero attached hydrogens (tertiary/aromatic N) is 1. The molecule has 0 fully saturated rings. The van der Waals surface area contributed by atoms with Crippen molar-refractivity contribution in [2.24, 2.45) is 5.73 Å². The first-order chi connectivity index (χ1) is 11.7. The SMILES string of the molecule is CCNC(=O)N(C)c1ccc(C(F)(F)C(O)(F)C(F)(F)F)cc1C(N)=O. The third-order valence-corrected chi connectivity index (χ3v) is 3.41. The monoisotopic (exact) mass is 387 g/mol. The van der Waals surface area contributed by atoms with Gasteiger partial charge in [-0.2, -0.15) is 26.3 Å². The van der Waals surface area contributed by atoms with Crippen LogP contribution < -0.4 is 16.0 Å². The summed E-state index contributed by atoms with van der Waals surface area (Å²) in [5.41, 5.74) is 2.28. The van der Waals surface area contributed by atoms with E-state index in [1.54, 1.807) is 6.92 Å². The molecule has 1 aromatic rings. The lowest BCUT2D eigenvalue weighted by atomic mass is 9.97. The highest BCUT2D eigenvalue weighted by Gasteiger charge is 2.71. The molecule has 0 radical (unpaired) electrons. The fraction of sp³-hybridized carbons (Fsp3) is 0.429. The molecule has 0 aliphatic heterocycles. The van der Waals surface area contributed by atoms with Crippen molar-refractivity contribution in [2.75, 3.05) is 18.5 Å². The number of carbonyl (C=O) groups is 2. The predicted octanol–water partition coefficient (Wildman–Crippen LogP) is 2.26.